The van der Waals surface area contributed by atoms with E-state index in [0.29, 0.717) is 41.1 Å². The van der Waals surface area contributed by atoms with Gasteiger partial charge in [-0.05, 0) is 64.2 Å². The first kappa shape index (κ1) is 18.6. The Kier molecular flexibility index (Phi) is 4.46. The number of aldehydes is 1. The van der Waals surface area contributed by atoms with Gasteiger partial charge < -0.3 is 27.5 Å². The molecule has 0 saturated carbocycles. The molecule has 1 N–H and O–H groups in total. The third kappa shape index (κ3) is 2.79. The molecule has 0 amide bonds. The molecule has 4 rings (SSSR count). The van der Waals surface area contributed by atoms with Crippen molar-refractivity contribution in [3.8, 4) is 0 Å². The molecule has 2 aliphatic heterocycles. The molecule has 0 bridgehead atoms. The number of hydrogen-bond acceptors (Lipinski definition) is 2. The number of hydrogen-bond donors (Lipinski definition) is 1. The molecule has 2 aromatic rings. The van der Waals surface area contributed by atoms with Gasteiger partial charge in [-0.2, -0.15) is 0 Å². The number of rotatable bonds is 6. The number of aromatic amines is 1. The lowest BCUT2D eigenvalue weighted by Gasteiger charge is -2.30. The van der Waals surface area contributed by atoms with Crippen LogP contribution in [0.25, 0.3) is 6.08 Å². The Labute approximate surface area is 162 Å². The minimum absolute atomic E-state index is 0.000284. The maximum atomic E-state index is 15.8. The molecule has 2 aromatic heterocycles. The summed E-state index contributed by atoms with van der Waals surface area (Å²) in [7, 11) is 4.00. The predicted octanol–water partition coefficient (Wildman–Crippen LogP) is 3.30. The third-order valence-corrected chi connectivity index (χ3v) is 5.41. The van der Waals surface area contributed by atoms with Crippen LogP contribution in [0.1, 0.15) is 40.3 Å². The summed E-state index contributed by atoms with van der Waals surface area (Å²) < 4.78 is 33.5. The minimum atomic E-state index is -4.19. The molecule has 0 aliphatic carbocycles. The van der Waals surface area contributed by atoms with Crippen molar-refractivity contribution >= 4 is 25.0 Å². The highest BCUT2D eigenvalue weighted by Crippen LogP contribution is 2.38. The zero-order valence-electron chi connectivity index (χ0n) is 16.2. The van der Waals surface area contributed by atoms with Crippen molar-refractivity contribution in [2.75, 3.05) is 20.6 Å². The molecule has 8 heteroatoms. The molecular formula is C20H23BF2N4O. The quantitative estimate of drug-likeness (QED) is 0.614. The number of halogens is 2. The van der Waals surface area contributed by atoms with Crippen molar-refractivity contribution < 1.29 is 17.9 Å². The Balaban J connectivity index is 1.88. The van der Waals surface area contributed by atoms with Crippen LogP contribution in [0.2, 0.25) is 0 Å². The third-order valence-electron chi connectivity index (χ3n) is 5.41. The van der Waals surface area contributed by atoms with E-state index < -0.39 is 6.97 Å². The highest BCUT2D eigenvalue weighted by atomic mass is 19.2. The van der Waals surface area contributed by atoms with Crippen molar-refractivity contribution in [1.82, 2.24) is 14.4 Å². The maximum absolute atomic E-state index is 15.8. The van der Waals surface area contributed by atoms with Crippen LogP contribution in [0.3, 0.4) is 0 Å². The number of carbonyl (C=O) groups excluding carboxylic acids is 1. The highest BCUT2D eigenvalue weighted by molar-refractivity contribution is 6.58. The fourth-order valence-corrected chi connectivity index (χ4v) is 4.13. The molecule has 0 atom stereocenters. The van der Waals surface area contributed by atoms with Gasteiger partial charge in [-0.3, -0.25) is 4.79 Å². The summed E-state index contributed by atoms with van der Waals surface area (Å²) in [6.45, 7) is -1.55. The number of carbonyl (C=O) groups is 1. The molecule has 146 valence electrons. The fraction of sp³-hybridized carbons (Fsp3) is 0.300. The van der Waals surface area contributed by atoms with Crippen LogP contribution >= 0.6 is 0 Å². The van der Waals surface area contributed by atoms with Gasteiger partial charge in [0.15, 0.2) is 17.7 Å². The molecule has 2 aliphatic rings. The first-order valence-electron chi connectivity index (χ1n) is 9.41. The number of aryl methyl sites for hydroxylation is 1. The van der Waals surface area contributed by atoms with Crippen molar-refractivity contribution in [2.24, 2.45) is 0 Å². The molecule has 0 radical (unpaired) electrons. The second-order valence-corrected chi connectivity index (χ2v) is 7.66. The molecular weight excluding hydrogens is 361 g/mol. The van der Waals surface area contributed by atoms with Gasteiger partial charge in [0, 0.05) is 29.6 Å². The summed E-state index contributed by atoms with van der Waals surface area (Å²) >= 11 is 0. The summed E-state index contributed by atoms with van der Waals surface area (Å²) in [4.78, 5) is 16.6. The van der Waals surface area contributed by atoms with E-state index in [2.05, 4.69) is 9.88 Å². The average Bonchev–Trinajstić information content (AvgIpc) is 3.33. The fourth-order valence-electron chi connectivity index (χ4n) is 4.13. The Bertz CT molecular complexity index is 1030. The number of nitrogens with one attached hydrogen (secondary N) is 1. The lowest BCUT2D eigenvalue weighted by molar-refractivity contribution is -0.362. The van der Waals surface area contributed by atoms with Gasteiger partial charge >= 0.3 is 6.97 Å². The van der Waals surface area contributed by atoms with Crippen LogP contribution in [0.5, 0.6) is 0 Å². The summed E-state index contributed by atoms with van der Waals surface area (Å²) in [6.07, 6.45) is 7.45. The van der Waals surface area contributed by atoms with Crippen LogP contribution in [0.4, 0.5) is 8.63 Å². The predicted molar refractivity (Wildman–Crippen MR) is 107 cm³/mol. The maximum Gasteiger partial charge on any atom is 0.738 e. The monoisotopic (exact) mass is 384 g/mol. The van der Waals surface area contributed by atoms with Crippen LogP contribution in [-0.2, 0) is 0 Å². The SMILES string of the molecule is Cc1cc(C=O)n2c1C=C1C(CCCN(C)C)=CC(c3ccc[nH]3)=[N+]1[B-]2(F)F. The smallest absolute Gasteiger partial charge is 0.389 e. The van der Waals surface area contributed by atoms with E-state index in [1.807, 2.05) is 20.2 Å². The topological polar surface area (TPSA) is 44.0 Å². The highest BCUT2D eigenvalue weighted by Gasteiger charge is 2.54. The summed E-state index contributed by atoms with van der Waals surface area (Å²) in [5.41, 5.74) is 3.58. The van der Waals surface area contributed by atoms with Crippen molar-refractivity contribution in [2.45, 2.75) is 19.8 Å². The largest absolute Gasteiger partial charge is 0.738 e. The van der Waals surface area contributed by atoms with E-state index in [4.69, 9.17) is 0 Å². The molecule has 0 spiro atoms. The Morgan fingerprint density at radius 2 is 2.11 bits per heavy atom. The van der Waals surface area contributed by atoms with E-state index in [1.54, 1.807) is 31.3 Å². The standard InChI is InChI=1S/C20H23BF2N4O/c1-14-10-16(13-28)26-18(14)12-19-15(6-5-9-25(2)3)11-20(17-7-4-8-24-17)27(19)21(26,22)23/h4,7-8,10-13,24H,5-6,9H2,1-3H3. The number of aromatic nitrogens is 2. The van der Waals surface area contributed by atoms with Gasteiger partial charge in [0.25, 0.3) is 0 Å². The average molecular weight is 384 g/mol. The van der Waals surface area contributed by atoms with Crippen LogP contribution in [0.15, 0.2) is 41.7 Å². The zero-order valence-corrected chi connectivity index (χ0v) is 16.2. The molecule has 28 heavy (non-hydrogen) atoms. The Hall–Kier alpha value is -2.74. The van der Waals surface area contributed by atoms with Gasteiger partial charge in [0.05, 0.1) is 5.69 Å². The number of nitrogens with zero attached hydrogens (tertiary/aromatic N) is 3. The molecule has 0 aromatic carbocycles. The minimum Gasteiger partial charge on any atom is -0.389 e. The number of H-pyrrole nitrogens is 1. The van der Waals surface area contributed by atoms with Crippen LogP contribution < -0.4 is 0 Å². The zero-order chi connectivity index (χ0) is 20.1. The molecule has 4 heterocycles. The summed E-state index contributed by atoms with van der Waals surface area (Å²) in [5.74, 6) is 0. The van der Waals surface area contributed by atoms with Crippen LogP contribution in [0, 0.1) is 6.92 Å². The van der Waals surface area contributed by atoms with Gasteiger partial charge in [-0.1, -0.05) is 0 Å². The van der Waals surface area contributed by atoms with Gasteiger partial charge in [-0.25, -0.2) is 0 Å². The first-order chi connectivity index (χ1) is 13.3. The Morgan fingerprint density at radius 1 is 1.32 bits per heavy atom. The summed E-state index contributed by atoms with van der Waals surface area (Å²) in [6, 6.07) is 5.11. The first-order valence-corrected chi connectivity index (χ1v) is 9.41. The number of allylic oxidation sites excluding steroid dienone is 2. The van der Waals surface area contributed by atoms with Gasteiger partial charge in [-0.15, -0.1) is 0 Å². The van der Waals surface area contributed by atoms with E-state index in [1.165, 1.54) is 6.07 Å². The van der Waals surface area contributed by atoms with Crippen LogP contribution in [-0.4, -0.2) is 58.5 Å². The van der Waals surface area contributed by atoms with Crippen molar-refractivity contribution in [3.63, 3.8) is 0 Å². The van der Waals surface area contributed by atoms with E-state index in [9.17, 15) is 4.79 Å². The lowest BCUT2D eigenvalue weighted by atomic mass is 9.88. The normalized spacial score (nSPS) is 17.5. The molecule has 5 nitrogen and oxygen atoms in total. The van der Waals surface area contributed by atoms with Crippen molar-refractivity contribution in [1.29, 1.82) is 0 Å². The van der Waals surface area contributed by atoms with Gasteiger partial charge in [0.2, 0.25) is 0 Å². The van der Waals surface area contributed by atoms with E-state index in [0.717, 1.165) is 27.5 Å². The lowest BCUT2D eigenvalue weighted by Crippen LogP contribution is -2.51. The molecule has 0 fully saturated rings. The summed E-state index contributed by atoms with van der Waals surface area (Å²) in [5, 5.41) is 0. The van der Waals surface area contributed by atoms with Gasteiger partial charge in [0.1, 0.15) is 5.69 Å². The second-order valence-electron chi connectivity index (χ2n) is 7.66. The Morgan fingerprint density at radius 3 is 2.75 bits per heavy atom. The van der Waals surface area contributed by atoms with Crippen molar-refractivity contribution in [3.05, 3.63) is 64.4 Å². The molecule has 0 saturated heterocycles. The second kappa shape index (κ2) is 6.70. The van der Waals surface area contributed by atoms with E-state index >= 15 is 8.63 Å². The molecule has 0 unspecified atom stereocenters. The number of fused-ring (bicyclic) bond motifs is 2. The van der Waals surface area contributed by atoms with E-state index in [-0.39, 0.29) is 5.69 Å².